The molecule has 1 aliphatic rings. The van der Waals surface area contributed by atoms with E-state index in [1.807, 2.05) is 4.98 Å². The summed E-state index contributed by atoms with van der Waals surface area (Å²) < 4.78 is 50.1. The number of carbonyl (C=O) groups is 1. The second-order valence-electron chi connectivity index (χ2n) is 7.17. The summed E-state index contributed by atoms with van der Waals surface area (Å²) in [6, 6.07) is 7.00. The van der Waals surface area contributed by atoms with E-state index >= 15 is 0 Å². The van der Waals surface area contributed by atoms with Crippen molar-refractivity contribution in [1.82, 2.24) is 14.6 Å². The normalized spacial score (nSPS) is 27.3. The Morgan fingerprint density at radius 1 is 1.39 bits per heavy atom. The minimum atomic E-state index is -4.26. The highest BCUT2D eigenvalue weighted by Gasteiger charge is 2.54. The zero-order valence-electron chi connectivity index (χ0n) is 19.6. The van der Waals surface area contributed by atoms with Gasteiger partial charge in [0.15, 0.2) is 6.23 Å². The number of nitrogens with one attached hydrogen (secondary N) is 2. The van der Waals surface area contributed by atoms with E-state index in [2.05, 4.69) is 9.82 Å². The maximum Gasteiger partial charge on any atom is 0.459 e. The molecule has 1 aliphatic heterocycles. The van der Waals surface area contributed by atoms with Gasteiger partial charge in [0, 0.05) is 12.2 Å². The van der Waals surface area contributed by atoms with E-state index in [1.54, 1.807) is 18.2 Å². The van der Waals surface area contributed by atoms with Gasteiger partial charge in [0.1, 0.15) is 30.1 Å². The number of methoxy groups -OCH3 is 1. The Bertz CT molecular complexity index is 1240. The number of aromatic amines is 1. The van der Waals surface area contributed by atoms with Crippen molar-refractivity contribution in [2.24, 2.45) is 0 Å². The number of carbonyl (C=O) groups excluding carboxylic acids is 1. The van der Waals surface area contributed by atoms with Crippen LogP contribution in [0, 0.1) is 0 Å². The van der Waals surface area contributed by atoms with Gasteiger partial charge in [-0.15, -0.1) is 0 Å². The molecule has 0 radical (unpaired) electrons. The predicted octanol–water partition coefficient (Wildman–Crippen LogP) is -0.488. The average molecular weight is 487 g/mol. The third-order valence-electron chi connectivity index (χ3n) is 4.74. The molecule has 1 aromatic heterocycles. The van der Waals surface area contributed by atoms with Crippen LogP contribution in [0.1, 0.15) is 15.9 Å². The average Bonchev–Trinajstić information content (AvgIpc) is 3.04. The summed E-state index contributed by atoms with van der Waals surface area (Å²) in [5, 5.41) is 23.8. The minimum absolute atomic E-state index is 0.132. The number of nitrogens with zero attached hydrogens (tertiary/aromatic N) is 1. The quantitative estimate of drug-likeness (QED) is 0.265. The number of ether oxygens (including phenoxy) is 2. The van der Waals surface area contributed by atoms with Crippen molar-refractivity contribution in [3.8, 4) is 5.75 Å². The Hall–Kier alpha value is -2.80. The number of aliphatic hydroxyl groups excluding tert-OH is 1. The lowest BCUT2D eigenvalue weighted by molar-refractivity contribution is -0.139. The summed E-state index contributed by atoms with van der Waals surface area (Å²) in [7, 11) is -3.14. The van der Waals surface area contributed by atoms with Gasteiger partial charge in [-0.25, -0.2) is 14.4 Å². The van der Waals surface area contributed by atoms with Crippen molar-refractivity contribution in [3.63, 3.8) is 0 Å². The van der Waals surface area contributed by atoms with Crippen LogP contribution < -0.4 is 20.9 Å². The highest BCUT2D eigenvalue weighted by Crippen LogP contribution is 2.46. The van der Waals surface area contributed by atoms with Gasteiger partial charge in [-0.05, 0) is 19.1 Å². The first-order chi connectivity index (χ1) is 16.4. The lowest BCUT2D eigenvalue weighted by Gasteiger charge is -2.27. The summed E-state index contributed by atoms with van der Waals surface area (Å²) in [5.41, 5.74) is -4.44. The van der Waals surface area contributed by atoms with Crippen molar-refractivity contribution in [2.75, 3.05) is 20.3 Å². The van der Waals surface area contributed by atoms with Crippen LogP contribution in [0.5, 0.6) is 5.75 Å². The van der Waals surface area contributed by atoms with Crippen molar-refractivity contribution in [3.05, 3.63) is 63.4 Å². The lowest BCUT2D eigenvalue weighted by Crippen LogP contribution is -2.46. The van der Waals surface area contributed by atoms with Crippen LogP contribution in [0.2, 0.25) is 0 Å². The first-order valence-electron chi connectivity index (χ1n) is 10.6. The van der Waals surface area contributed by atoms with Crippen LogP contribution in [0.3, 0.4) is 0 Å². The molecule has 0 aliphatic carbocycles. The molecule has 0 bridgehead atoms. The smallest absolute Gasteiger partial charge is 0.459 e. The van der Waals surface area contributed by atoms with Gasteiger partial charge in [-0.3, -0.25) is 23.7 Å². The van der Waals surface area contributed by atoms with E-state index in [0.29, 0.717) is 4.57 Å². The summed E-state index contributed by atoms with van der Waals surface area (Å²) in [4.78, 5) is 37.2. The summed E-state index contributed by atoms with van der Waals surface area (Å²) in [6.45, 7) is -0.0972. The van der Waals surface area contributed by atoms with E-state index in [9.17, 15) is 29.2 Å². The van der Waals surface area contributed by atoms with Crippen LogP contribution in [-0.2, 0) is 23.4 Å². The van der Waals surface area contributed by atoms with Gasteiger partial charge in [0.25, 0.3) is 5.56 Å². The molecule has 1 aromatic carbocycles. The summed E-state index contributed by atoms with van der Waals surface area (Å²) in [5.74, 6) is -0.634. The predicted molar refractivity (Wildman–Crippen MR) is 113 cm³/mol. The number of H-pyrrole nitrogens is 1. The molecule has 0 saturated carbocycles. The molecule has 2 aromatic rings. The fraction of sp³-hybridized carbons (Fsp3) is 0.421. The molecule has 33 heavy (non-hydrogen) atoms. The van der Waals surface area contributed by atoms with E-state index in [1.165, 1.54) is 12.1 Å². The largest absolute Gasteiger partial charge is 0.468 e. The Labute approximate surface area is 190 Å². The minimum Gasteiger partial charge on any atom is -0.468 e. The molecule has 3 rings (SSSR count). The van der Waals surface area contributed by atoms with Crippen LogP contribution in [0.15, 0.2) is 52.1 Å². The monoisotopic (exact) mass is 487 g/mol. The number of hydrogen-bond donors (Lipinski definition) is 4. The zero-order valence-corrected chi connectivity index (χ0v) is 18.5. The maximum absolute atomic E-state index is 13.3. The highest BCUT2D eigenvalue weighted by atomic mass is 31.2. The number of para-hydroxylation sites is 1. The number of rotatable bonds is 9. The van der Waals surface area contributed by atoms with E-state index in [0.717, 1.165) is 14.0 Å². The Morgan fingerprint density at radius 2 is 2.09 bits per heavy atom. The first kappa shape index (κ1) is 22.0. The van der Waals surface area contributed by atoms with Crippen LogP contribution in [0.4, 0.5) is 0 Å². The van der Waals surface area contributed by atoms with Crippen LogP contribution >= 0.6 is 7.75 Å². The molecule has 0 amide bonds. The van der Waals surface area contributed by atoms with Crippen LogP contribution in [-0.4, -0.2) is 63.8 Å². The Morgan fingerprint density at radius 3 is 2.76 bits per heavy atom. The maximum atomic E-state index is 13.3. The van der Waals surface area contributed by atoms with Gasteiger partial charge >= 0.3 is 19.4 Å². The standard InChI is InChI=1S/C19H24N3O10P/c1-19(27)16(25)13(31-17(19)22-9-8-14(23)21-18(22)26)11-30-33(28,20-10-15(24)29-2)32-12-6-4-3-5-7-12/h3-9,13,16-17,25,27H,10-11H2,1-2H3,(H,20,28)(H,21,23,26)/t13-,16-,17-,19-,33?/m1/s1/i8D,9D. The van der Waals surface area contributed by atoms with Gasteiger partial charge in [-0.1, -0.05) is 18.2 Å². The van der Waals surface area contributed by atoms with E-state index < -0.39 is 74.4 Å². The summed E-state index contributed by atoms with van der Waals surface area (Å²) in [6.07, 6.45) is -5.69. The Kier molecular flexibility index (Phi) is 6.67. The highest BCUT2D eigenvalue weighted by molar-refractivity contribution is 7.52. The molecule has 2 heterocycles. The topological polar surface area (TPSA) is 178 Å². The SMILES string of the molecule is [2H]c1c([2H])n([C@@H]2O[C@H](COP(=O)(NCC(=O)OC)Oc3ccccc3)[C@@H](O)[C@@]2(C)O)c(=O)[nH]c1=O. The van der Waals surface area contributed by atoms with E-state index in [4.69, 9.17) is 16.5 Å². The molecule has 180 valence electrons. The third kappa shape index (κ3) is 5.77. The second-order valence-corrected chi connectivity index (χ2v) is 8.92. The molecule has 0 spiro atoms. The molecule has 13 nitrogen and oxygen atoms in total. The van der Waals surface area contributed by atoms with Gasteiger partial charge in [0.2, 0.25) is 0 Å². The van der Waals surface area contributed by atoms with Gasteiger partial charge in [0.05, 0.1) is 16.5 Å². The fourth-order valence-electron chi connectivity index (χ4n) is 3.00. The number of hydrogen-bond acceptors (Lipinski definition) is 10. The fourth-order valence-corrected chi connectivity index (χ4v) is 4.27. The number of esters is 1. The van der Waals surface area contributed by atoms with Gasteiger partial charge in [-0.2, -0.15) is 0 Å². The van der Waals surface area contributed by atoms with Crippen molar-refractivity contribution in [2.45, 2.75) is 31.0 Å². The zero-order chi connectivity index (χ0) is 26.0. The number of aromatic nitrogens is 2. The van der Waals surface area contributed by atoms with Crippen molar-refractivity contribution >= 4 is 13.7 Å². The molecular weight excluding hydrogens is 461 g/mol. The van der Waals surface area contributed by atoms with Gasteiger partial charge < -0.3 is 24.2 Å². The molecule has 5 atom stereocenters. The molecular formula is C19H24N3O10P. The first-order valence-corrected chi connectivity index (χ1v) is 11.1. The summed E-state index contributed by atoms with van der Waals surface area (Å²) >= 11 is 0. The Balaban J connectivity index is 1.83. The molecule has 14 heteroatoms. The third-order valence-corrected chi connectivity index (χ3v) is 6.23. The molecule has 1 saturated heterocycles. The van der Waals surface area contributed by atoms with E-state index in [-0.39, 0.29) is 5.75 Å². The molecule has 1 fully saturated rings. The van der Waals surface area contributed by atoms with Crippen molar-refractivity contribution in [1.29, 1.82) is 0 Å². The molecule has 1 unspecified atom stereocenters. The number of aliphatic hydroxyl groups is 2. The lowest BCUT2D eigenvalue weighted by atomic mass is 9.96. The van der Waals surface area contributed by atoms with Crippen molar-refractivity contribution < 1.29 is 40.8 Å². The number of benzene rings is 1. The van der Waals surface area contributed by atoms with Crippen LogP contribution in [0.25, 0.3) is 0 Å². The molecule has 4 N–H and O–H groups in total. The second kappa shape index (κ2) is 10.00.